The van der Waals surface area contributed by atoms with Gasteiger partial charge in [0.25, 0.3) is 16.8 Å². The number of nitrogens with zero attached hydrogens (tertiary/aromatic N) is 7. The number of nitro groups is 1. The standard InChI is InChI=1S/C23H22N8O5S/c1-14-7-20(33)30-17(12-37-23(30)27-14)9-19(32)24-5-6-29-21-18(10-26-29)22(34)28(13-25-21)11-15-3-2-4-16(8-15)31(35)36/h2-4,7-8,10,13,17H,5-6,9,11-12H2,1H3,(H,24,32). The zero-order valence-electron chi connectivity index (χ0n) is 19.7. The Bertz CT molecular complexity index is 1640. The third-order valence-electron chi connectivity index (χ3n) is 5.98. The fourth-order valence-electron chi connectivity index (χ4n) is 4.24. The van der Waals surface area contributed by atoms with E-state index in [4.69, 9.17) is 0 Å². The molecule has 1 amide bonds. The van der Waals surface area contributed by atoms with Crippen molar-refractivity contribution in [1.82, 2.24) is 34.2 Å². The molecule has 13 nitrogen and oxygen atoms in total. The van der Waals surface area contributed by atoms with E-state index in [1.165, 1.54) is 51.7 Å². The molecule has 1 atom stereocenters. The van der Waals surface area contributed by atoms with Crippen LogP contribution in [0.2, 0.25) is 0 Å². The first kappa shape index (κ1) is 24.4. The molecule has 1 aliphatic rings. The van der Waals surface area contributed by atoms with Crippen LogP contribution in [0, 0.1) is 17.0 Å². The van der Waals surface area contributed by atoms with Crippen LogP contribution in [0.25, 0.3) is 11.0 Å². The molecule has 190 valence electrons. The second-order valence-electron chi connectivity index (χ2n) is 8.62. The Morgan fingerprint density at radius 2 is 2.14 bits per heavy atom. The number of aromatic nitrogens is 6. The van der Waals surface area contributed by atoms with E-state index in [1.807, 2.05) is 0 Å². The molecule has 4 aromatic rings. The molecule has 0 saturated carbocycles. The van der Waals surface area contributed by atoms with Crippen molar-refractivity contribution in [3.05, 3.63) is 84.9 Å². The Hall–Kier alpha value is -4.33. The van der Waals surface area contributed by atoms with Crippen LogP contribution >= 0.6 is 11.8 Å². The summed E-state index contributed by atoms with van der Waals surface area (Å²) in [5, 5.41) is 19.0. The lowest BCUT2D eigenvalue weighted by atomic mass is 10.2. The van der Waals surface area contributed by atoms with Gasteiger partial charge in [-0.1, -0.05) is 23.9 Å². The Morgan fingerprint density at radius 1 is 1.30 bits per heavy atom. The van der Waals surface area contributed by atoms with Gasteiger partial charge in [-0.05, 0) is 12.5 Å². The summed E-state index contributed by atoms with van der Waals surface area (Å²) in [6.45, 7) is 2.46. The van der Waals surface area contributed by atoms with E-state index in [0.717, 1.165) is 0 Å². The zero-order valence-corrected chi connectivity index (χ0v) is 20.6. The van der Waals surface area contributed by atoms with Crippen molar-refractivity contribution in [1.29, 1.82) is 0 Å². The van der Waals surface area contributed by atoms with Crippen LogP contribution in [0.15, 0.2) is 57.6 Å². The molecule has 0 aliphatic carbocycles. The molecule has 1 aromatic carbocycles. The lowest BCUT2D eigenvalue weighted by Crippen LogP contribution is -2.32. The van der Waals surface area contributed by atoms with Crippen molar-refractivity contribution in [2.24, 2.45) is 0 Å². The van der Waals surface area contributed by atoms with Crippen LogP contribution in [-0.4, -0.2) is 52.0 Å². The number of carbonyl (C=O) groups is 1. The fourth-order valence-corrected chi connectivity index (χ4v) is 5.43. The Kier molecular flexibility index (Phi) is 6.56. The summed E-state index contributed by atoms with van der Waals surface area (Å²) in [6.07, 6.45) is 2.96. The van der Waals surface area contributed by atoms with Crippen molar-refractivity contribution >= 4 is 34.4 Å². The molecule has 0 bridgehead atoms. The number of thioether (sulfide) groups is 1. The van der Waals surface area contributed by atoms with Gasteiger partial charge in [-0.2, -0.15) is 5.10 Å². The van der Waals surface area contributed by atoms with E-state index in [2.05, 4.69) is 20.4 Å². The predicted molar refractivity (Wildman–Crippen MR) is 135 cm³/mol. The first-order chi connectivity index (χ1) is 17.8. The molecule has 3 aromatic heterocycles. The lowest BCUT2D eigenvalue weighted by molar-refractivity contribution is -0.384. The quantitative estimate of drug-likeness (QED) is 0.204. The normalized spacial score (nSPS) is 14.6. The van der Waals surface area contributed by atoms with Gasteiger partial charge < -0.3 is 5.32 Å². The molecular weight excluding hydrogens is 500 g/mol. The van der Waals surface area contributed by atoms with Crippen LogP contribution < -0.4 is 16.4 Å². The summed E-state index contributed by atoms with van der Waals surface area (Å²) < 4.78 is 4.47. The number of carbonyl (C=O) groups excluding carboxylic acids is 1. The van der Waals surface area contributed by atoms with Crippen molar-refractivity contribution in [2.75, 3.05) is 12.3 Å². The number of aryl methyl sites for hydroxylation is 1. The minimum absolute atomic E-state index is 0.0517. The molecule has 4 heterocycles. The Balaban J connectivity index is 1.22. The Morgan fingerprint density at radius 3 is 2.95 bits per heavy atom. The number of hydrogen-bond acceptors (Lipinski definition) is 9. The number of fused-ring (bicyclic) bond motifs is 2. The summed E-state index contributed by atoms with van der Waals surface area (Å²) >= 11 is 1.46. The van der Waals surface area contributed by atoms with Crippen molar-refractivity contribution in [3.8, 4) is 0 Å². The van der Waals surface area contributed by atoms with E-state index in [1.54, 1.807) is 23.6 Å². The summed E-state index contributed by atoms with van der Waals surface area (Å²) in [6, 6.07) is 7.29. The molecule has 0 saturated heterocycles. The number of non-ortho nitro benzene ring substituents is 1. The van der Waals surface area contributed by atoms with Gasteiger partial charge in [0.05, 0.1) is 30.3 Å². The topological polar surface area (TPSA) is 160 Å². The van der Waals surface area contributed by atoms with E-state index in [-0.39, 0.29) is 48.3 Å². The Labute approximate surface area is 213 Å². The molecule has 1 N–H and O–H groups in total. The second kappa shape index (κ2) is 9.97. The van der Waals surface area contributed by atoms with Crippen LogP contribution in [-0.2, 0) is 17.9 Å². The highest BCUT2D eigenvalue weighted by molar-refractivity contribution is 7.99. The van der Waals surface area contributed by atoms with Gasteiger partial charge in [-0.3, -0.25) is 33.6 Å². The fraction of sp³-hybridized carbons (Fsp3) is 0.304. The van der Waals surface area contributed by atoms with Crippen LogP contribution in [0.3, 0.4) is 0 Å². The molecule has 5 rings (SSSR count). The van der Waals surface area contributed by atoms with Gasteiger partial charge in [0.1, 0.15) is 11.7 Å². The number of nitrogens with one attached hydrogen (secondary N) is 1. The van der Waals surface area contributed by atoms with Crippen LogP contribution in [0.1, 0.15) is 23.7 Å². The summed E-state index contributed by atoms with van der Waals surface area (Å²) in [7, 11) is 0. The molecule has 14 heteroatoms. The number of benzene rings is 1. The third kappa shape index (κ3) is 5.00. The molecule has 0 fully saturated rings. The van der Waals surface area contributed by atoms with Crippen molar-refractivity contribution in [2.45, 2.75) is 37.6 Å². The minimum atomic E-state index is -0.486. The third-order valence-corrected chi connectivity index (χ3v) is 7.08. The zero-order chi connectivity index (χ0) is 26.1. The molecule has 1 unspecified atom stereocenters. The average molecular weight is 523 g/mol. The maximum atomic E-state index is 12.9. The van der Waals surface area contributed by atoms with Gasteiger partial charge in [-0.25, -0.2) is 14.6 Å². The summed E-state index contributed by atoms with van der Waals surface area (Å²) in [4.78, 5) is 57.0. The monoisotopic (exact) mass is 522 g/mol. The van der Waals surface area contributed by atoms with Gasteiger partial charge in [0.15, 0.2) is 10.8 Å². The molecule has 1 aliphatic heterocycles. The highest BCUT2D eigenvalue weighted by atomic mass is 32.2. The largest absolute Gasteiger partial charge is 0.354 e. The van der Waals surface area contributed by atoms with E-state index >= 15 is 0 Å². The number of nitro benzene ring substituents is 1. The van der Waals surface area contributed by atoms with Gasteiger partial charge >= 0.3 is 0 Å². The highest BCUT2D eigenvalue weighted by Gasteiger charge is 2.27. The van der Waals surface area contributed by atoms with E-state index in [0.29, 0.717) is 39.7 Å². The van der Waals surface area contributed by atoms with Gasteiger partial charge in [-0.15, -0.1) is 0 Å². The number of rotatable bonds is 8. The highest BCUT2D eigenvalue weighted by Crippen LogP contribution is 2.31. The molecule has 0 spiro atoms. The number of hydrogen-bond donors (Lipinski definition) is 1. The van der Waals surface area contributed by atoms with Crippen LogP contribution in [0.4, 0.5) is 5.69 Å². The smallest absolute Gasteiger partial charge is 0.269 e. The maximum Gasteiger partial charge on any atom is 0.269 e. The second-order valence-corrected chi connectivity index (χ2v) is 9.60. The minimum Gasteiger partial charge on any atom is -0.354 e. The first-order valence-corrected chi connectivity index (χ1v) is 12.4. The predicted octanol–water partition coefficient (Wildman–Crippen LogP) is 1.27. The molecule has 37 heavy (non-hydrogen) atoms. The summed E-state index contributed by atoms with van der Waals surface area (Å²) in [5.41, 5.74) is 1.11. The van der Waals surface area contributed by atoms with Crippen molar-refractivity contribution in [3.63, 3.8) is 0 Å². The average Bonchev–Trinajstić information content (AvgIpc) is 3.45. The first-order valence-electron chi connectivity index (χ1n) is 11.4. The maximum absolute atomic E-state index is 12.9. The molecular formula is C23H22N8O5S. The lowest BCUT2D eigenvalue weighted by Gasteiger charge is -2.13. The van der Waals surface area contributed by atoms with E-state index in [9.17, 15) is 24.5 Å². The van der Waals surface area contributed by atoms with Gasteiger partial charge in [0.2, 0.25) is 5.91 Å². The SMILES string of the molecule is Cc1cc(=O)n2c(n1)SCC2CC(=O)NCCn1ncc2c(=O)n(Cc3cccc([N+](=O)[O-])c3)cnc21. The van der Waals surface area contributed by atoms with Gasteiger partial charge in [0, 0.05) is 42.6 Å². The number of amides is 1. The van der Waals surface area contributed by atoms with Crippen molar-refractivity contribution < 1.29 is 9.72 Å². The summed E-state index contributed by atoms with van der Waals surface area (Å²) in [5.74, 6) is 0.407. The van der Waals surface area contributed by atoms with Crippen LogP contribution in [0.5, 0.6) is 0 Å². The van der Waals surface area contributed by atoms with E-state index < -0.39 is 4.92 Å². The molecule has 0 radical (unpaired) electrons.